The van der Waals surface area contributed by atoms with Gasteiger partial charge in [0.25, 0.3) is 5.91 Å². The Morgan fingerprint density at radius 3 is 2.41 bits per heavy atom. The lowest BCUT2D eigenvalue weighted by atomic mass is 10.2. The summed E-state index contributed by atoms with van der Waals surface area (Å²) >= 11 is 5.89. The average Bonchev–Trinajstić information content (AvgIpc) is 3.27. The van der Waals surface area contributed by atoms with Crippen molar-refractivity contribution in [1.29, 1.82) is 0 Å². The van der Waals surface area contributed by atoms with Crippen LogP contribution in [0.15, 0.2) is 42.5 Å². The lowest BCUT2D eigenvalue weighted by Gasteiger charge is -2.20. The molecule has 6 nitrogen and oxygen atoms in total. The lowest BCUT2D eigenvalue weighted by Crippen LogP contribution is -2.38. The molecule has 1 aliphatic heterocycles. The van der Waals surface area contributed by atoms with Crippen molar-refractivity contribution in [3.8, 4) is 11.5 Å². The van der Waals surface area contributed by atoms with Crippen molar-refractivity contribution in [2.45, 2.75) is 32.5 Å². The topological polar surface area (TPSA) is 65.1 Å². The zero-order valence-electron chi connectivity index (χ0n) is 16.5. The number of amides is 1. The van der Waals surface area contributed by atoms with E-state index in [4.69, 9.17) is 25.8 Å². The smallest absolute Gasteiger partial charge is 0.339 e. The second kappa shape index (κ2) is 9.65. The molecule has 0 N–H and O–H groups in total. The van der Waals surface area contributed by atoms with E-state index in [1.54, 1.807) is 42.2 Å². The normalized spacial score (nSPS) is 14.4. The Bertz CT molecular complexity index is 862. The molecule has 0 radical (unpaired) electrons. The Hall–Kier alpha value is -2.73. The first-order valence-electron chi connectivity index (χ1n) is 9.53. The van der Waals surface area contributed by atoms with E-state index in [0.29, 0.717) is 41.8 Å². The second-order valence-electron chi connectivity index (χ2n) is 6.86. The highest BCUT2D eigenvalue weighted by Gasteiger charge is 2.26. The predicted octanol–water partition coefficient (Wildman–Crippen LogP) is 4.10. The number of methoxy groups -OCH3 is 1. The Morgan fingerprint density at radius 2 is 1.76 bits per heavy atom. The van der Waals surface area contributed by atoms with Gasteiger partial charge in [0.1, 0.15) is 6.61 Å². The van der Waals surface area contributed by atoms with Crippen LogP contribution < -0.4 is 9.47 Å². The molecule has 1 amide bonds. The molecule has 154 valence electrons. The maximum absolute atomic E-state index is 12.5. The molecule has 7 heteroatoms. The Labute approximate surface area is 175 Å². The number of likely N-dealkylation sites (tertiary alicyclic amines) is 1. The maximum atomic E-state index is 12.5. The Morgan fingerprint density at radius 1 is 1.07 bits per heavy atom. The first-order valence-corrected chi connectivity index (χ1v) is 9.91. The number of ether oxygens (including phenoxy) is 3. The van der Waals surface area contributed by atoms with E-state index in [0.717, 1.165) is 18.4 Å². The first-order chi connectivity index (χ1) is 14.0. The number of carbonyl (C=O) groups is 2. The van der Waals surface area contributed by atoms with Gasteiger partial charge in [0.2, 0.25) is 0 Å². The van der Waals surface area contributed by atoms with Gasteiger partial charge in [-0.15, -0.1) is 0 Å². The zero-order valence-corrected chi connectivity index (χ0v) is 17.3. The number of nitrogens with zero attached hydrogens (tertiary/aromatic N) is 1. The molecule has 3 rings (SSSR count). The minimum atomic E-state index is -0.826. The summed E-state index contributed by atoms with van der Waals surface area (Å²) in [5, 5.41) is 0.659. The highest BCUT2D eigenvalue weighted by molar-refractivity contribution is 6.30. The molecule has 1 unspecified atom stereocenters. The monoisotopic (exact) mass is 417 g/mol. The van der Waals surface area contributed by atoms with Crippen LogP contribution in [0.2, 0.25) is 5.02 Å². The number of rotatable bonds is 7. The molecule has 0 aromatic heterocycles. The van der Waals surface area contributed by atoms with E-state index >= 15 is 0 Å². The van der Waals surface area contributed by atoms with Gasteiger partial charge in [-0.1, -0.05) is 23.7 Å². The number of carbonyl (C=O) groups excluding carboxylic acids is 2. The van der Waals surface area contributed by atoms with Gasteiger partial charge in [-0.05, 0) is 55.7 Å². The van der Waals surface area contributed by atoms with Gasteiger partial charge < -0.3 is 19.1 Å². The zero-order chi connectivity index (χ0) is 20.8. The van der Waals surface area contributed by atoms with Crippen LogP contribution in [0.5, 0.6) is 11.5 Å². The van der Waals surface area contributed by atoms with Crippen molar-refractivity contribution in [3.05, 3.63) is 58.6 Å². The summed E-state index contributed by atoms with van der Waals surface area (Å²) in [6.45, 7) is 3.36. The summed E-state index contributed by atoms with van der Waals surface area (Å²) in [6, 6.07) is 12.1. The van der Waals surface area contributed by atoms with E-state index in [9.17, 15) is 9.59 Å². The van der Waals surface area contributed by atoms with Gasteiger partial charge in [-0.2, -0.15) is 0 Å². The summed E-state index contributed by atoms with van der Waals surface area (Å²) in [7, 11) is 1.50. The molecule has 1 fully saturated rings. The van der Waals surface area contributed by atoms with Crippen LogP contribution in [0.4, 0.5) is 0 Å². The largest absolute Gasteiger partial charge is 0.493 e. The van der Waals surface area contributed by atoms with Crippen LogP contribution in [-0.2, 0) is 16.1 Å². The number of hydrogen-bond acceptors (Lipinski definition) is 5. The Balaban J connectivity index is 1.63. The third-order valence-corrected chi connectivity index (χ3v) is 5.01. The first kappa shape index (κ1) is 21.0. The minimum absolute atomic E-state index is 0.161. The maximum Gasteiger partial charge on any atom is 0.339 e. The van der Waals surface area contributed by atoms with Crippen molar-refractivity contribution >= 4 is 23.5 Å². The van der Waals surface area contributed by atoms with Crippen LogP contribution in [-0.4, -0.2) is 43.1 Å². The lowest BCUT2D eigenvalue weighted by molar-refractivity contribution is -0.138. The fourth-order valence-corrected chi connectivity index (χ4v) is 3.26. The van der Waals surface area contributed by atoms with E-state index in [-0.39, 0.29) is 5.91 Å². The van der Waals surface area contributed by atoms with Crippen molar-refractivity contribution < 1.29 is 23.8 Å². The van der Waals surface area contributed by atoms with Crippen molar-refractivity contribution in [1.82, 2.24) is 4.90 Å². The molecular weight excluding hydrogens is 394 g/mol. The molecule has 1 heterocycles. The number of benzene rings is 2. The quantitative estimate of drug-likeness (QED) is 0.635. The highest BCUT2D eigenvalue weighted by atomic mass is 35.5. The van der Waals surface area contributed by atoms with Crippen LogP contribution in [0.25, 0.3) is 0 Å². The SMILES string of the molecule is COc1cc(C(=O)OC(C)C(=O)N2CCCC2)ccc1OCc1ccc(Cl)cc1. The predicted molar refractivity (Wildman–Crippen MR) is 109 cm³/mol. The van der Waals surface area contributed by atoms with Crippen LogP contribution in [0, 0.1) is 0 Å². The molecule has 1 saturated heterocycles. The summed E-state index contributed by atoms with van der Waals surface area (Å²) < 4.78 is 16.5. The van der Waals surface area contributed by atoms with E-state index in [1.807, 2.05) is 12.1 Å². The van der Waals surface area contributed by atoms with Gasteiger partial charge in [0.15, 0.2) is 17.6 Å². The van der Waals surface area contributed by atoms with Crippen molar-refractivity contribution in [3.63, 3.8) is 0 Å². The summed E-state index contributed by atoms with van der Waals surface area (Å²) in [5.74, 6) is 0.172. The van der Waals surface area contributed by atoms with Crippen LogP contribution in [0.1, 0.15) is 35.7 Å². The van der Waals surface area contributed by atoms with Crippen molar-refractivity contribution in [2.24, 2.45) is 0 Å². The fraction of sp³-hybridized carbons (Fsp3) is 0.364. The van der Waals surface area contributed by atoms with Gasteiger partial charge in [-0.3, -0.25) is 4.79 Å². The van der Waals surface area contributed by atoms with E-state index in [1.165, 1.54) is 7.11 Å². The highest BCUT2D eigenvalue weighted by Crippen LogP contribution is 2.29. The molecule has 0 saturated carbocycles. The number of hydrogen-bond donors (Lipinski definition) is 0. The molecule has 2 aromatic carbocycles. The van der Waals surface area contributed by atoms with Gasteiger partial charge in [0, 0.05) is 18.1 Å². The third kappa shape index (κ3) is 5.41. The summed E-state index contributed by atoms with van der Waals surface area (Å²) in [4.78, 5) is 26.5. The molecule has 0 aliphatic carbocycles. The molecule has 29 heavy (non-hydrogen) atoms. The van der Waals surface area contributed by atoms with Crippen LogP contribution in [0.3, 0.4) is 0 Å². The molecule has 2 aromatic rings. The Kier molecular flexibility index (Phi) is 6.99. The molecule has 0 bridgehead atoms. The summed E-state index contributed by atoms with van der Waals surface area (Å²) in [6.07, 6.45) is 1.15. The van der Waals surface area contributed by atoms with E-state index in [2.05, 4.69) is 0 Å². The van der Waals surface area contributed by atoms with Gasteiger partial charge >= 0.3 is 5.97 Å². The molecule has 1 aliphatic rings. The fourth-order valence-electron chi connectivity index (χ4n) is 3.13. The number of halogens is 1. The van der Waals surface area contributed by atoms with Crippen LogP contribution >= 0.6 is 11.6 Å². The second-order valence-corrected chi connectivity index (χ2v) is 7.30. The summed E-state index contributed by atoms with van der Waals surface area (Å²) in [5.41, 5.74) is 1.25. The van der Waals surface area contributed by atoms with E-state index < -0.39 is 12.1 Å². The van der Waals surface area contributed by atoms with Crippen molar-refractivity contribution in [2.75, 3.05) is 20.2 Å². The third-order valence-electron chi connectivity index (χ3n) is 4.76. The van der Waals surface area contributed by atoms with Gasteiger partial charge in [0.05, 0.1) is 12.7 Å². The number of esters is 1. The minimum Gasteiger partial charge on any atom is -0.493 e. The molecule has 0 spiro atoms. The molecule has 1 atom stereocenters. The standard InChI is InChI=1S/C22H24ClNO5/c1-15(21(25)24-11-3-4-12-24)29-22(26)17-7-10-19(20(13-17)27-2)28-14-16-5-8-18(23)9-6-16/h5-10,13,15H,3-4,11-12,14H2,1-2H3. The van der Waals surface area contributed by atoms with Gasteiger partial charge in [-0.25, -0.2) is 4.79 Å². The average molecular weight is 418 g/mol. The molecular formula is C22H24ClNO5.